The highest BCUT2D eigenvalue weighted by Gasteiger charge is 2.18. The number of fused-ring (bicyclic) bond motifs is 1. The fraction of sp³-hybridized carbons (Fsp3) is 0.214. The van der Waals surface area contributed by atoms with Crippen LogP contribution in [0.1, 0.15) is 17.0 Å². The maximum Gasteiger partial charge on any atom is 0.307 e. The van der Waals surface area contributed by atoms with Gasteiger partial charge in [-0.2, -0.15) is 9.47 Å². The number of rotatable bonds is 3. The molecule has 3 rings (SSSR count). The van der Waals surface area contributed by atoms with Crippen LogP contribution in [0, 0.1) is 13.8 Å². The summed E-state index contributed by atoms with van der Waals surface area (Å²) in [7, 11) is 0. The number of aliphatic carboxylic acids is 1. The van der Waals surface area contributed by atoms with Gasteiger partial charge in [0, 0.05) is 16.6 Å². The van der Waals surface area contributed by atoms with Crippen molar-refractivity contribution in [3.05, 3.63) is 41.2 Å². The smallest absolute Gasteiger partial charge is 0.307 e. The van der Waals surface area contributed by atoms with Gasteiger partial charge in [0.05, 0.1) is 17.6 Å². The fourth-order valence-electron chi connectivity index (χ4n) is 2.31. The van der Waals surface area contributed by atoms with E-state index < -0.39 is 5.97 Å². The van der Waals surface area contributed by atoms with Crippen LogP contribution >= 0.6 is 11.5 Å². The highest BCUT2D eigenvalue weighted by atomic mass is 32.1. The van der Waals surface area contributed by atoms with Crippen molar-refractivity contribution >= 4 is 28.4 Å². The maximum atomic E-state index is 10.9. The minimum absolute atomic E-state index is 0.00555. The number of carbonyl (C=O) groups is 1. The Hall–Kier alpha value is -2.21. The number of aromatic nitrogens is 3. The third kappa shape index (κ3) is 1.98. The molecule has 0 radical (unpaired) electrons. The Labute approximate surface area is 119 Å². The first-order chi connectivity index (χ1) is 9.58. The number of benzene rings is 1. The zero-order valence-corrected chi connectivity index (χ0v) is 11.9. The Morgan fingerprint density at radius 2 is 2.10 bits per heavy atom. The predicted molar refractivity (Wildman–Crippen MR) is 77.6 cm³/mol. The Bertz CT molecular complexity index is 804. The second-order valence-electron chi connectivity index (χ2n) is 4.64. The normalized spacial score (nSPS) is 11.1. The lowest BCUT2D eigenvalue weighted by Gasteiger charge is -2.02. The van der Waals surface area contributed by atoms with E-state index in [-0.39, 0.29) is 6.42 Å². The van der Waals surface area contributed by atoms with Gasteiger partial charge in [-0.15, -0.1) is 0 Å². The molecule has 0 bridgehead atoms. The van der Waals surface area contributed by atoms with E-state index in [1.165, 1.54) is 11.5 Å². The van der Waals surface area contributed by atoms with Gasteiger partial charge in [0.15, 0.2) is 0 Å². The zero-order valence-electron chi connectivity index (χ0n) is 11.1. The molecule has 5 nitrogen and oxygen atoms in total. The molecule has 1 aromatic carbocycles. The Morgan fingerprint density at radius 3 is 2.85 bits per heavy atom. The third-order valence-corrected chi connectivity index (χ3v) is 4.18. The molecule has 20 heavy (non-hydrogen) atoms. The molecule has 0 unspecified atom stereocenters. The average molecular weight is 287 g/mol. The van der Waals surface area contributed by atoms with Crippen LogP contribution in [-0.4, -0.2) is 25.2 Å². The van der Waals surface area contributed by atoms with Crippen LogP contribution in [0.2, 0.25) is 0 Å². The number of hydrogen-bond donors (Lipinski definition) is 1. The number of carboxylic acids is 1. The van der Waals surface area contributed by atoms with Crippen LogP contribution in [-0.2, 0) is 11.2 Å². The van der Waals surface area contributed by atoms with Gasteiger partial charge in [-0.3, -0.25) is 4.79 Å². The molecule has 0 spiro atoms. The summed E-state index contributed by atoms with van der Waals surface area (Å²) in [6, 6.07) is 7.87. The lowest BCUT2D eigenvalue weighted by Crippen LogP contribution is -2.03. The molecular formula is C14H13N3O2S. The molecule has 2 heterocycles. The summed E-state index contributed by atoms with van der Waals surface area (Å²) in [6.45, 7) is 3.73. The highest BCUT2D eigenvalue weighted by molar-refractivity contribution is 7.10. The maximum absolute atomic E-state index is 10.9. The van der Waals surface area contributed by atoms with E-state index in [0.717, 1.165) is 32.9 Å². The van der Waals surface area contributed by atoms with Gasteiger partial charge < -0.3 is 5.11 Å². The molecule has 0 amide bonds. The topological polar surface area (TPSA) is 68.0 Å². The van der Waals surface area contributed by atoms with Crippen molar-refractivity contribution in [2.45, 2.75) is 20.3 Å². The summed E-state index contributed by atoms with van der Waals surface area (Å²) in [6.07, 6.45) is -0.00555. The van der Waals surface area contributed by atoms with E-state index in [9.17, 15) is 4.79 Å². The molecule has 0 atom stereocenters. The largest absolute Gasteiger partial charge is 0.481 e. The Kier molecular flexibility index (Phi) is 3.02. The molecule has 0 saturated carbocycles. The first kappa shape index (κ1) is 12.8. The zero-order chi connectivity index (χ0) is 14.3. The van der Waals surface area contributed by atoms with Crippen molar-refractivity contribution < 1.29 is 9.90 Å². The van der Waals surface area contributed by atoms with Crippen molar-refractivity contribution in [1.29, 1.82) is 0 Å². The molecule has 0 fully saturated rings. The minimum atomic E-state index is -0.843. The molecule has 2 aromatic heterocycles. The summed E-state index contributed by atoms with van der Waals surface area (Å²) < 4.78 is 6.20. The highest BCUT2D eigenvalue weighted by Crippen LogP contribution is 2.28. The van der Waals surface area contributed by atoms with Crippen molar-refractivity contribution in [1.82, 2.24) is 14.2 Å². The first-order valence-electron chi connectivity index (χ1n) is 6.19. The van der Waals surface area contributed by atoms with Gasteiger partial charge in [-0.25, -0.2) is 4.68 Å². The molecule has 0 aliphatic heterocycles. The molecule has 0 aliphatic rings. The van der Waals surface area contributed by atoms with E-state index in [1.807, 2.05) is 38.1 Å². The van der Waals surface area contributed by atoms with Crippen molar-refractivity contribution in [2.75, 3.05) is 0 Å². The molecule has 1 N–H and O–H groups in total. The SMILES string of the molecule is Cc1nn(-c2snc3ccccc23)c(C)c1CC(=O)O. The van der Waals surface area contributed by atoms with E-state index in [1.54, 1.807) is 4.68 Å². The van der Waals surface area contributed by atoms with E-state index >= 15 is 0 Å². The second kappa shape index (κ2) is 4.72. The number of hydrogen-bond acceptors (Lipinski definition) is 4. The van der Waals surface area contributed by atoms with Gasteiger partial charge in [0.2, 0.25) is 0 Å². The summed E-state index contributed by atoms with van der Waals surface area (Å²) in [4.78, 5) is 10.9. The molecule has 0 aliphatic carbocycles. The Balaban J connectivity index is 2.18. The van der Waals surface area contributed by atoms with Crippen LogP contribution < -0.4 is 0 Å². The number of carboxylic acid groups (broad SMARTS) is 1. The fourth-order valence-corrected chi connectivity index (χ4v) is 3.18. The first-order valence-corrected chi connectivity index (χ1v) is 6.97. The molecule has 102 valence electrons. The Morgan fingerprint density at radius 1 is 1.35 bits per heavy atom. The lowest BCUT2D eigenvalue weighted by atomic mass is 10.1. The van der Waals surface area contributed by atoms with Gasteiger partial charge in [-0.1, -0.05) is 12.1 Å². The quantitative estimate of drug-likeness (QED) is 0.804. The predicted octanol–water partition coefficient (Wildman–Crippen LogP) is 2.73. The van der Waals surface area contributed by atoms with Crippen molar-refractivity contribution in [2.24, 2.45) is 0 Å². The third-order valence-electron chi connectivity index (χ3n) is 3.33. The van der Waals surface area contributed by atoms with E-state index in [4.69, 9.17) is 5.11 Å². The van der Waals surface area contributed by atoms with Crippen LogP contribution in [0.5, 0.6) is 0 Å². The molecule has 3 aromatic rings. The minimum Gasteiger partial charge on any atom is -0.481 e. The monoisotopic (exact) mass is 287 g/mol. The van der Waals surface area contributed by atoms with Crippen LogP contribution in [0.4, 0.5) is 0 Å². The summed E-state index contributed by atoms with van der Waals surface area (Å²) in [5.41, 5.74) is 3.32. The molecule has 0 saturated heterocycles. The van der Waals surface area contributed by atoms with Crippen molar-refractivity contribution in [3.63, 3.8) is 0 Å². The van der Waals surface area contributed by atoms with Crippen LogP contribution in [0.15, 0.2) is 24.3 Å². The number of aryl methyl sites for hydroxylation is 1. The number of nitrogens with zero attached hydrogens (tertiary/aromatic N) is 3. The average Bonchev–Trinajstić information content (AvgIpc) is 2.94. The lowest BCUT2D eigenvalue weighted by molar-refractivity contribution is -0.136. The molecule has 6 heteroatoms. The van der Waals surface area contributed by atoms with E-state index in [0.29, 0.717) is 0 Å². The summed E-state index contributed by atoms with van der Waals surface area (Å²) in [5, 5.41) is 15.4. The van der Waals surface area contributed by atoms with Gasteiger partial charge in [0.25, 0.3) is 0 Å². The van der Waals surface area contributed by atoms with Gasteiger partial charge in [-0.05, 0) is 37.5 Å². The standard InChI is InChI=1S/C14H13N3O2S/c1-8-11(7-13(18)19)9(2)17(15-8)14-10-5-3-4-6-12(10)16-20-14/h3-6H,7H2,1-2H3,(H,18,19). The summed E-state index contributed by atoms with van der Waals surface area (Å²) in [5.74, 6) is -0.843. The van der Waals surface area contributed by atoms with Crippen LogP contribution in [0.3, 0.4) is 0 Å². The van der Waals surface area contributed by atoms with Crippen molar-refractivity contribution in [3.8, 4) is 5.00 Å². The molecular weight excluding hydrogens is 274 g/mol. The second-order valence-corrected chi connectivity index (χ2v) is 5.39. The van der Waals surface area contributed by atoms with Crippen LogP contribution in [0.25, 0.3) is 15.9 Å². The van der Waals surface area contributed by atoms with Gasteiger partial charge in [0.1, 0.15) is 5.00 Å². The van der Waals surface area contributed by atoms with E-state index in [2.05, 4.69) is 9.47 Å². The summed E-state index contributed by atoms with van der Waals surface area (Å²) >= 11 is 1.37. The van der Waals surface area contributed by atoms with Gasteiger partial charge >= 0.3 is 5.97 Å².